The summed E-state index contributed by atoms with van der Waals surface area (Å²) in [5.41, 5.74) is -0.886. The fraction of sp³-hybridized carbons (Fsp3) is 0.857. The zero-order valence-corrected chi connectivity index (χ0v) is 12.4. The molecule has 1 aliphatic rings. The van der Waals surface area contributed by atoms with Gasteiger partial charge in [0.15, 0.2) is 0 Å². The molecule has 0 saturated heterocycles. The van der Waals surface area contributed by atoms with Crippen LogP contribution in [0.15, 0.2) is 0 Å². The van der Waals surface area contributed by atoms with Crippen molar-refractivity contribution in [3.8, 4) is 0 Å². The van der Waals surface area contributed by atoms with Crippen LogP contribution in [0, 0.1) is 11.3 Å². The van der Waals surface area contributed by atoms with Crippen LogP contribution in [0.25, 0.3) is 0 Å². The normalized spacial score (nSPS) is 17.9. The van der Waals surface area contributed by atoms with Crippen LogP contribution < -0.4 is 5.32 Å². The number of urea groups is 1. The van der Waals surface area contributed by atoms with E-state index in [1.54, 1.807) is 6.92 Å². The van der Waals surface area contributed by atoms with Crippen molar-refractivity contribution >= 4 is 12.0 Å². The maximum atomic E-state index is 12.2. The molecular formula is C14H26N2O3. The molecule has 0 bridgehead atoms. The van der Waals surface area contributed by atoms with Crippen molar-refractivity contribution in [2.24, 2.45) is 11.3 Å². The molecule has 1 rings (SSSR count). The van der Waals surface area contributed by atoms with E-state index in [2.05, 4.69) is 19.2 Å². The van der Waals surface area contributed by atoms with Gasteiger partial charge in [0.2, 0.25) is 0 Å². The van der Waals surface area contributed by atoms with Gasteiger partial charge in [-0.1, -0.05) is 20.8 Å². The van der Waals surface area contributed by atoms with E-state index in [-0.39, 0.29) is 12.6 Å². The van der Waals surface area contributed by atoms with E-state index in [0.717, 1.165) is 19.4 Å². The third kappa shape index (κ3) is 4.40. The second-order valence-corrected chi connectivity index (χ2v) is 6.16. The number of carboxylic acid groups (broad SMARTS) is 1. The van der Waals surface area contributed by atoms with Crippen LogP contribution in [-0.4, -0.2) is 41.1 Å². The lowest BCUT2D eigenvalue weighted by molar-refractivity contribution is -0.147. The van der Waals surface area contributed by atoms with E-state index in [4.69, 9.17) is 0 Å². The highest BCUT2D eigenvalue weighted by molar-refractivity contribution is 5.78. The first-order valence-electron chi connectivity index (χ1n) is 7.08. The molecule has 0 radical (unpaired) electrons. The number of nitrogens with one attached hydrogen (secondary N) is 1. The quantitative estimate of drug-likeness (QED) is 0.746. The molecule has 0 aromatic heterocycles. The number of carbonyl (C=O) groups excluding carboxylic acids is 1. The van der Waals surface area contributed by atoms with Gasteiger partial charge in [0.05, 0.1) is 5.41 Å². The van der Waals surface area contributed by atoms with Crippen molar-refractivity contribution in [1.82, 2.24) is 10.2 Å². The Balaban J connectivity index is 2.55. The average molecular weight is 270 g/mol. The SMILES string of the molecule is CCC(C)(CNC(=O)N(CC(C)C)C1CC1)C(=O)O. The van der Waals surface area contributed by atoms with Crippen molar-refractivity contribution in [3.05, 3.63) is 0 Å². The highest BCUT2D eigenvalue weighted by Crippen LogP contribution is 2.28. The first-order valence-corrected chi connectivity index (χ1v) is 7.08. The third-order valence-corrected chi connectivity index (χ3v) is 3.74. The number of hydrogen-bond acceptors (Lipinski definition) is 2. The predicted molar refractivity (Wildman–Crippen MR) is 74.0 cm³/mol. The average Bonchev–Trinajstić information content (AvgIpc) is 3.16. The molecule has 1 atom stereocenters. The summed E-state index contributed by atoms with van der Waals surface area (Å²) in [4.78, 5) is 25.2. The van der Waals surface area contributed by atoms with Gasteiger partial charge < -0.3 is 15.3 Å². The standard InChI is InChI=1S/C14H26N2O3/c1-5-14(4,12(17)18)9-15-13(19)16(8-10(2)3)11-6-7-11/h10-11H,5-9H2,1-4H3,(H,15,19)(H,17,18). The summed E-state index contributed by atoms with van der Waals surface area (Å²) in [6.45, 7) is 8.56. The topological polar surface area (TPSA) is 69.6 Å². The van der Waals surface area contributed by atoms with E-state index < -0.39 is 11.4 Å². The molecule has 0 aliphatic heterocycles. The maximum Gasteiger partial charge on any atom is 0.317 e. The van der Waals surface area contributed by atoms with Crippen LogP contribution in [-0.2, 0) is 4.79 Å². The van der Waals surface area contributed by atoms with Gasteiger partial charge in [-0.25, -0.2) is 4.79 Å². The van der Waals surface area contributed by atoms with E-state index in [0.29, 0.717) is 18.4 Å². The summed E-state index contributed by atoms with van der Waals surface area (Å²) in [5.74, 6) is -0.444. The molecule has 5 nitrogen and oxygen atoms in total. The lowest BCUT2D eigenvalue weighted by Gasteiger charge is -2.28. The van der Waals surface area contributed by atoms with E-state index >= 15 is 0 Å². The fourth-order valence-electron chi connectivity index (χ4n) is 1.90. The smallest absolute Gasteiger partial charge is 0.317 e. The largest absolute Gasteiger partial charge is 0.481 e. The molecule has 1 saturated carbocycles. The lowest BCUT2D eigenvalue weighted by Crippen LogP contribution is -2.48. The van der Waals surface area contributed by atoms with Crippen LogP contribution >= 0.6 is 0 Å². The van der Waals surface area contributed by atoms with Crippen molar-refractivity contribution in [1.29, 1.82) is 0 Å². The van der Waals surface area contributed by atoms with Crippen molar-refractivity contribution < 1.29 is 14.7 Å². The molecule has 1 aliphatic carbocycles. The Morgan fingerprint density at radius 2 is 2.00 bits per heavy atom. The van der Waals surface area contributed by atoms with Crippen LogP contribution in [0.2, 0.25) is 0 Å². The second-order valence-electron chi connectivity index (χ2n) is 6.16. The summed E-state index contributed by atoms with van der Waals surface area (Å²) in [6.07, 6.45) is 2.62. The summed E-state index contributed by atoms with van der Waals surface area (Å²) < 4.78 is 0. The highest BCUT2D eigenvalue weighted by Gasteiger charge is 2.35. The maximum absolute atomic E-state index is 12.2. The van der Waals surface area contributed by atoms with E-state index in [1.165, 1.54) is 0 Å². The van der Waals surface area contributed by atoms with Gasteiger partial charge in [-0.05, 0) is 32.1 Å². The van der Waals surface area contributed by atoms with Crippen LogP contribution in [0.3, 0.4) is 0 Å². The van der Waals surface area contributed by atoms with Crippen molar-refractivity contribution in [2.75, 3.05) is 13.1 Å². The molecule has 2 N–H and O–H groups in total. The Morgan fingerprint density at radius 3 is 2.37 bits per heavy atom. The summed E-state index contributed by atoms with van der Waals surface area (Å²) in [7, 11) is 0. The molecule has 1 unspecified atom stereocenters. The first kappa shape index (κ1) is 15.8. The van der Waals surface area contributed by atoms with Gasteiger partial charge >= 0.3 is 12.0 Å². The Hall–Kier alpha value is -1.26. The van der Waals surface area contributed by atoms with Gasteiger partial charge in [-0.3, -0.25) is 4.79 Å². The van der Waals surface area contributed by atoms with Crippen molar-refractivity contribution in [2.45, 2.75) is 53.0 Å². The van der Waals surface area contributed by atoms with Crippen LogP contribution in [0.4, 0.5) is 4.79 Å². The van der Waals surface area contributed by atoms with Gasteiger partial charge in [0.25, 0.3) is 0 Å². The molecule has 0 aromatic carbocycles. The molecule has 19 heavy (non-hydrogen) atoms. The van der Waals surface area contributed by atoms with Gasteiger partial charge in [0, 0.05) is 19.1 Å². The number of aliphatic carboxylic acids is 1. The summed E-state index contributed by atoms with van der Waals surface area (Å²) in [5, 5.41) is 12.0. The summed E-state index contributed by atoms with van der Waals surface area (Å²) in [6, 6.07) is 0.220. The van der Waals surface area contributed by atoms with Gasteiger partial charge in [-0.15, -0.1) is 0 Å². The first-order chi connectivity index (χ1) is 8.80. The Labute approximate surface area is 115 Å². The van der Waals surface area contributed by atoms with Gasteiger partial charge in [0.1, 0.15) is 0 Å². The van der Waals surface area contributed by atoms with Gasteiger partial charge in [-0.2, -0.15) is 0 Å². The monoisotopic (exact) mass is 270 g/mol. The van der Waals surface area contributed by atoms with E-state index in [1.807, 2.05) is 11.8 Å². The minimum absolute atomic E-state index is 0.128. The number of rotatable bonds is 7. The predicted octanol–water partition coefficient (Wildman–Crippen LogP) is 2.32. The molecule has 5 heteroatoms. The molecule has 0 aromatic rings. The second kappa shape index (κ2) is 6.26. The molecule has 2 amide bonds. The minimum Gasteiger partial charge on any atom is -0.481 e. The number of amides is 2. The Morgan fingerprint density at radius 1 is 1.42 bits per heavy atom. The molecule has 1 fully saturated rings. The highest BCUT2D eigenvalue weighted by atomic mass is 16.4. The minimum atomic E-state index is -0.886. The summed E-state index contributed by atoms with van der Waals surface area (Å²) >= 11 is 0. The van der Waals surface area contributed by atoms with Crippen molar-refractivity contribution in [3.63, 3.8) is 0 Å². The number of hydrogen-bond donors (Lipinski definition) is 2. The van der Waals surface area contributed by atoms with E-state index in [9.17, 15) is 14.7 Å². The zero-order chi connectivity index (χ0) is 14.6. The molecule has 110 valence electrons. The fourth-order valence-corrected chi connectivity index (χ4v) is 1.90. The molecule has 0 spiro atoms. The van der Waals surface area contributed by atoms with Crippen LogP contribution in [0.5, 0.6) is 0 Å². The zero-order valence-electron chi connectivity index (χ0n) is 12.4. The Bertz CT molecular complexity index is 340. The van der Waals surface area contributed by atoms with Crippen LogP contribution in [0.1, 0.15) is 47.0 Å². The number of nitrogens with zero attached hydrogens (tertiary/aromatic N) is 1. The third-order valence-electron chi connectivity index (χ3n) is 3.74. The number of carbonyl (C=O) groups is 2. The molecular weight excluding hydrogens is 244 g/mol. The number of carboxylic acids is 1. The Kier molecular flexibility index (Phi) is 5.20. The molecule has 0 heterocycles. The lowest BCUT2D eigenvalue weighted by atomic mass is 9.88.